The molecule has 0 bridgehead atoms. The first-order chi connectivity index (χ1) is 5.88. The highest BCUT2D eigenvalue weighted by Crippen LogP contribution is 2.33. The van der Waals surface area contributed by atoms with Gasteiger partial charge >= 0.3 is 0 Å². The van der Waals surface area contributed by atoms with Crippen LogP contribution in [0, 0.1) is 0 Å². The van der Waals surface area contributed by atoms with Crippen LogP contribution in [0.2, 0.25) is 0 Å². The summed E-state index contributed by atoms with van der Waals surface area (Å²) in [6, 6.07) is 0. The molecule has 0 heterocycles. The quantitative estimate of drug-likeness (QED) is 0.673. The second-order valence-corrected chi connectivity index (χ2v) is 5.13. The van der Waals surface area contributed by atoms with E-state index < -0.39 is 0 Å². The van der Waals surface area contributed by atoms with E-state index in [4.69, 9.17) is 0 Å². The summed E-state index contributed by atoms with van der Waals surface area (Å²) < 4.78 is 1.46. The first-order valence-corrected chi connectivity index (χ1v) is 6.20. The Labute approximate surface area is 83.2 Å². The van der Waals surface area contributed by atoms with Gasteiger partial charge in [0, 0.05) is 4.24 Å². The third kappa shape index (κ3) is 2.76. The first kappa shape index (κ1) is 10.0. The Morgan fingerprint density at radius 1 is 1.08 bits per heavy atom. The molecule has 0 saturated heterocycles. The van der Waals surface area contributed by atoms with Crippen molar-refractivity contribution in [2.24, 2.45) is 0 Å². The second-order valence-electron chi connectivity index (χ2n) is 2.33. The van der Waals surface area contributed by atoms with Gasteiger partial charge in [-0.25, -0.2) is 0 Å². The van der Waals surface area contributed by atoms with Gasteiger partial charge in [-0.05, 0) is 17.1 Å². The van der Waals surface area contributed by atoms with E-state index in [0.717, 1.165) is 11.5 Å². The summed E-state index contributed by atoms with van der Waals surface area (Å²) in [5.74, 6) is 2.32. The van der Waals surface area contributed by atoms with Crippen LogP contribution >= 0.6 is 23.5 Å². The summed E-state index contributed by atoms with van der Waals surface area (Å²) >= 11 is 3.88. The van der Waals surface area contributed by atoms with Gasteiger partial charge in [-0.2, -0.15) is 0 Å². The lowest BCUT2D eigenvalue weighted by molar-refractivity contribution is 1.52. The van der Waals surface area contributed by atoms with E-state index in [1.165, 1.54) is 9.81 Å². The van der Waals surface area contributed by atoms with Crippen LogP contribution in [0.4, 0.5) is 0 Å². The molecule has 1 aliphatic carbocycles. The lowest BCUT2D eigenvalue weighted by Gasteiger charge is -2.05. The van der Waals surface area contributed by atoms with Crippen molar-refractivity contribution in [3.05, 3.63) is 34.1 Å². The summed E-state index contributed by atoms with van der Waals surface area (Å²) in [5, 5.41) is 0. The van der Waals surface area contributed by atoms with E-state index in [0.29, 0.717) is 0 Å². The van der Waals surface area contributed by atoms with Gasteiger partial charge in [0.1, 0.15) is 0 Å². The molecule has 0 aliphatic heterocycles. The van der Waals surface area contributed by atoms with Gasteiger partial charge < -0.3 is 0 Å². The van der Waals surface area contributed by atoms with E-state index in [1.807, 2.05) is 23.5 Å². The molecule has 0 nitrogen and oxygen atoms in total. The first-order valence-electron chi connectivity index (χ1n) is 4.23. The molecular formula is C10H14S2. The SMILES string of the molecule is CCSC(SCC)=C1C=CC=C1. The molecule has 0 N–H and O–H groups in total. The molecular weight excluding hydrogens is 184 g/mol. The Morgan fingerprint density at radius 3 is 2.00 bits per heavy atom. The van der Waals surface area contributed by atoms with Crippen LogP contribution in [0.15, 0.2) is 34.1 Å². The molecule has 0 amide bonds. The molecule has 1 aliphatic rings. The molecule has 0 unspecified atom stereocenters. The summed E-state index contributed by atoms with van der Waals surface area (Å²) in [5.41, 5.74) is 1.38. The number of allylic oxidation sites excluding steroid dienone is 5. The van der Waals surface area contributed by atoms with Crippen LogP contribution in [-0.2, 0) is 0 Å². The van der Waals surface area contributed by atoms with Crippen molar-refractivity contribution in [1.29, 1.82) is 0 Å². The van der Waals surface area contributed by atoms with Gasteiger partial charge in [0.2, 0.25) is 0 Å². The fraction of sp³-hybridized carbons (Fsp3) is 0.400. The van der Waals surface area contributed by atoms with Crippen molar-refractivity contribution in [2.45, 2.75) is 13.8 Å². The van der Waals surface area contributed by atoms with Gasteiger partial charge in [0.05, 0.1) is 0 Å². The normalized spacial score (nSPS) is 14.3. The molecule has 0 atom stereocenters. The highest BCUT2D eigenvalue weighted by Gasteiger charge is 2.03. The van der Waals surface area contributed by atoms with Crippen molar-refractivity contribution in [2.75, 3.05) is 11.5 Å². The van der Waals surface area contributed by atoms with Gasteiger partial charge in [-0.1, -0.05) is 38.2 Å². The maximum Gasteiger partial charge on any atom is 0.0473 e. The monoisotopic (exact) mass is 198 g/mol. The van der Waals surface area contributed by atoms with E-state index in [9.17, 15) is 0 Å². The minimum Gasteiger partial charge on any atom is -0.119 e. The maximum absolute atomic E-state index is 2.20. The molecule has 0 fully saturated rings. The van der Waals surface area contributed by atoms with Gasteiger partial charge in [-0.15, -0.1) is 23.5 Å². The zero-order valence-electron chi connectivity index (χ0n) is 7.54. The van der Waals surface area contributed by atoms with E-state index in [-0.39, 0.29) is 0 Å². The van der Waals surface area contributed by atoms with Crippen molar-refractivity contribution >= 4 is 23.5 Å². The fourth-order valence-corrected chi connectivity index (χ4v) is 3.15. The standard InChI is InChI=1S/C10H14S2/c1-3-11-10(12-4-2)9-7-5-6-8-9/h5-8H,3-4H2,1-2H3. The molecule has 0 aromatic rings. The Balaban J connectivity index is 2.68. The molecule has 66 valence electrons. The summed E-state index contributed by atoms with van der Waals surface area (Å²) in [6.45, 7) is 4.40. The predicted molar refractivity (Wildman–Crippen MR) is 61.6 cm³/mol. The highest BCUT2D eigenvalue weighted by atomic mass is 32.2. The smallest absolute Gasteiger partial charge is 0.0473 e. The molecule has 0 aromatic heterocycles. The number of rotatable bonds is 4. The number of hydrogen-bond acceptors (Lipinski definition) is 2. The van der Waals surface area contributed by atoms with Crippen LogP contribution in [0.25, 0.3) is 0 Å². The molecule has 2 heteroatoms. The van der Waals surface area contributed by atoms with Gasteiger partial charge in [0.25, 0.3) is 0 Å². The largest absolute Gasteiger partial charge is 0.119 e. The topological polar surface area (TPSA) is 0 Å². The third-order valence-corrected chi connectivity index (χ3v) is 3.73. The maximum atomic E-state index is 2.20. The van der Waals surface area contributed by atoms with Crippen molar-refractivity contribution < 1.29 is 0 Å². The number of thioether (sulfide) groups is 2. The average molecular weight is 198 g/mol. The minimum atomic E-state index is 1.16. The lowest BCUT2D eigenvalue weighted by Crippen LogP contribution is -1.79. The zero-order chi connectivity index (χ0) is 8.81. The van der Waals surface area contributed by atoms with Crippen LogP contribution in [0.5, 0.6) is 0 Å². The summed E-state index contributed by atoms with van der Waals surface area (Å²) in [4.78, 5) is 0. The number of hydrogen-bond donors (Lipinski definition) is 0. The van der Waals surface area contributed by atoms with Crippen LogP contribution < -0.4 is 0 Å². The lowest BCUT2D eigenvalue weighted by atomic mass is 10.3. The van der Waals surface area contributed by atoms with Gasteiger partial charge in [0.15, 0.2) is 0 Å². The fourth-order valence-electron chi connectivity index (χ4n) is 0.981. The third-order valence-electron chi connectivity index (χ3n) is 1.45. The summed E-state index contributed by atoms with van der Waals surface area (Å²) in [7, 11) is 0. The van der Waals surface area contributed by atoms with Crippen LogP contribution in [-0.4, -0.2) is 11.5 Å². The summed E-state index contributed by atoms with van der Waals surface area (Å²) in [6.07, 6.45) is 8.56. The zero-order valence-corrected chi connectivity index (χ0v) is 9.17. The second kappa shape index (κ2) is 5.55. The Bertz CT molecular complexity index is 202. The average Bonchev–Trinajstić information content (AvgIpc) is 2.56. The van der Waals surface area contributed by atoms with Crippen molar-refractivity contribution in [1.82, 2.24) is 0 Å². The Kier molecular flexibility index (Phi) is 4.62. The molecule has 0 radical (unpaired) electrons. The van der Waals surface area contributed by atoms with Crippen molar-refractivity contribution in [3.8, 4) is 0 Å². The van der Waals surface area contributed by atoms with Crippen LogP contribution in [0.3, 0.4) is 0 Å². The van der Waals surface area contributed by atoms with Crippen LogP contribution in [0.1, 0.15) is 13.8 Å². The molecule has 1 rings (SSSR count). The Hall–Kier alpha value is -0.0800. The molecule has 0 spiro atoms. The van der Waals surface area contributed by atoms with Crippen molar-refractivity contribution in [3.63, 3.8) is 0 Å². The van der Waals surface area contributed by atoms with E-state index in [1.54, 1.807) is 0 Å². The molecule has 0 saturated carbocycles. The predicted octanol–water partition coefficient (Wildman–Crippen LogP) is 3.83. The van der Waals surface area contributed by atoms with E-state index >= 15 is 0 Å². The minimum absolute atomic E-state index is 1.16. The molecule has 0 aromatic carbocycles. The van der Waals surface area contributed by atoms with Gasteiger partial charge in [-0.3, -0.25) is 0 Å². The Morgan fingerprint density at radius 2 is 1.58 bits per heavy atom. The highest BCUT2D eigenvalue weighted by molar-refractivity contribution is 8.22. The molecule has 12 heavy (non-hydrogen) atoms. The van der Waals surface area contributed by atoms with E-state index in [2.05, 4.69) is 38.2 Å².